The molecule has 1 unspecified atom stereocenters. The fraction of sp³-hybridized carbons (Fsp3) is 0.600. The van der Waals surface area contributed by atoms with Crippen molar-refractivity contribution in [2.45, 2.75) is 52.0 Å². The number of ether oxygens (including phenoxy) is 1. The molecule has 2 N–H and O–H groups in total. The number of unbranched alkanes of at least 4 members (excludes halogenated alkanes) is 3. The van der Waals surface area contributed by atoms with Crippen molar-refractivity contribution in [2.75, 3.05) is 6.61 Å². The third kappa shape index (κ3) is 5.73. The Bertz CT molecular complexity index is 310. The topological polar surface area (TPSA) is 35.2 Å². The predicted molar refractivity (Wildman–Crippen MR) is 73.4 cm³/mol. The van der Waals surface area contributed by atoms with Crippen molar-refractivity contribution >= 4 is 0 Å². The quantitative estimate of drug-likeness (QED) is 0.699. The lowest BCUT2D eigenvalue weighted by Crippen LogP contribution is -2.18. The van der Waals surface area contributed by atoms with Gasteiger partial charge in [-0.3, -0.25) is 0 Å². The summed E-state index contributed by atoms with van der Waals surface area (Å²) < 4.78 is 5.83. The van der Waals surface area contributed by atoms with Gasteiger partial charge in [0.2, 0.25) is 0 Å². The largest absolute Gasteiger partial charge is 0.493 e. The number of para-hydroxylation sites is 1. The second-order valence-corrected chi connectivity index (χ2v) is 4.70. The summed E-state index contributed by atoms with van der Waals surface area (Å²) in [6, 6.07) is 8.38. The minimum atomic E-state index is 0.180. The van der Waals surface area contributed by atoms with Crippen LogP contribution in [0.2, 0.25) is 0 Å². The van der Waals surface area contributed by atoms with Crippen LogP contribution in [-0.2, 0) is 6.42 Å². The molecule has 1 aromatic rings. The first-order chi connectivity index (χ1) is 8.24. The molecule has 0 heterocycles. The maximum atomic E-state index is 5.83. The van der Waals surface area contributed by atoms with Gasteiger partial charge in [0.15, 0.2) is 0 Å². The summed E-state index contributed by atoms with van der Waals surface area (Å²) in [4.78, 5) is 0. The summed E-state index contributed by atoms with van der Waals surface area (Å²) in [5.74, 6) is 1.00. The van der Waals surface area contributed by atoms with Crippen LogP contribution in [0.15, 0.2) is 24.3 Å². The molecule has 0 amide bonds. The van der Waals surface area contributed by atoms with Crippen LogP contribution in [0.25, 0.3) is 0 Å². The molecule has 0 fully saturated rings. The monoisotopic (exact) mass is 235 g/mol. The summed E-state index contributed by atoms with van der Waals surface area (Å²) in [6.45, 7) is 5.06. The molecule has 1 aromatic carbocycles. The van der Waals surface area contributed by atoms with E-state index >= 15 is 0 Å². The van der Waals surface area contributed by atoms with Gasteiger partial charge < -0.3 is 10.5 Å². The number of nitrogens with two attached hydrogens (primary N) is 1. The van der Waals surface area contributed by atoms with Crippen molar-refractivity contribution in [3.63, 3.8) is 0 Å². The van der Waals surface area contributed by atoms with Crippen LogP contribution >= 0.6 is 0 Å². The summed E-state index contributed by atoms with van der Waals surface area (Å²) >= 11 is 0. The lowest BCUT2D eigenvalue weighted by molar-refractivity contribution is 0.301. The maximum absolute atomic E-state index is 5.83. The third-order valence-corrected chi connectivity index (χ3v) is 2.77. The van der Waals surface area contributed by atoms with Gasteiger partial charge >= 0.3 is 0 Å². The van der Waals surface area contributed by atoms with Gasteiger partial charge in [-0.2, -0.15) is 0 Å². The summed E-state index contributed by atoms with van der Waals surface area (Å²) in [7, 11) is 0. The molecule has 0 saturated carbocycles. The molecule has 96 valence electrons. The fourth-order valence-electron chi connectivity index (χ4n) is 1.87. The van der Waals surface area contributed by atoms with E-state index in [4.69, 9.17) is 10.5 Å². The normalized spacial score (nSPS) is 12.4. The maximum Gasteiger partial charge on any atom is 0.122 e. The highest BCUT2D eigenvalue weighted by molar-refractivity contribution is 5.33. The third-order valence-electron chi connectivity index (χ3n) is 2.77. The molecular formula is C15H25NO. The number of benzene rings is 1. The first-order valence-corrected chi connectivity index (χ1v) is 6.70. The number of rotatable bonds is 8. The Labute approximate surface area is 105 Å². The molecule has 2 heteroatoms. The summed E-state index contributed by atoms with van der Waals surface area (Å²) in [5.41, 5.74) is 7.05. The Morgan fingerprint density at radius 3 is 2.65 bits per heavy atom. The van der Waals surface area contributed by atoms with Crippen LogP contribution in [0.1, 0.15) is 45.1 Å². The zero-order chi connectivity index (χ0) is 12.5. The highest BCUT2D eigenvalue weighted by atomic mass is 16.5. The van der Waals surface area contributed by atoms with Crippen LogP contribution in [0.5, 0.6) is 5.75 Å². The van der Waals surface area contributed by atoms with Crippen LogP contribution < -0.4 is 10.5 Å². The summed E-state index contributed by atoms with van der Waals surface area (Å²) in [5, 5.41) is 0. The van der Waals surface area contributed by atoms with E-state index in [9.17, 15) is 0 Å². The van der Waals surface area contributed by atoms with Crippen molar-refractivity contribution in [1.29, 1.82) is 0 Å². The average Bonchev–Trinajstić information content (AvgIpc) is 2.30. The van der Waals surface area contributed by atoms with E-state index < -0.39 is 0 Å². The van der Waals surface area contributed by atoms with E-state index in [1.165, 1.54) is 24.8 Å². The van der Waals surface area contributed by atoms with E-state index in [1.807, 2.05) is 25.1 Å². The second kappa shape index (κ2) is 8.13. The van der Waals surface area contributed by atoms with Crippen molar-refractivity contribution < 1.29 is 4.74 Å². The molecule has 0 saturated heterocycles. The van der Waals surface area contributed by atoms with Crippen molar-refractivity contribution in [2.24, 2.45) is 5.73 Å². The van der Waals surface area contributed by atoms with E-state index in [0.717, 1.165) is 25.2 Å². The Morgan fingerprint density at radius 1 is 1.18 bits per heavy atom. The first kappa shape index (κ1) is 14.0. The van der Waals surface area contributed by atoms with Crippen LogP contribution in [-0.4, -0.2) is 12.6 Å². The molecule has 0 bridgehead atoms. The predicted octanol–water partition coefficient (Wildman–Crippen LogP) is 3.54. The highest BCUT2D eigenvalue weighted by Crippen LogP contribution is 2.19. The SMILES string of the molecule is CCCCCCOc1ccccc1CC(C)N. The van der Waals surface area contributed by atoms with Crippen molar-refractivity contribution in [3.8, 4) is 5.75 Å². The first-order valence-electron chi connectivity index (χ1n) is 6.70. The Hall–Kier alpha value is -1.02. The lowest BCUT2D eigenvalue weighted by atomic mass is 10.1. The standard InChI is InChI=1S/C15H25NO/c1-3-4-5-8-11-17-15-10-7-6-9-14(15)12-13(2)16/h6-7,9-10,13H,3-5,8,11-12,16H2,1-2H3. The highest BCUT2D eigenvalue weighted by Gasteiger charge is 2.04. The smallest absolute Gasteiger partial charge is 0.122 e. The van der Waals surface area contributed by atoms with Crippen LogP contribution in [0.3, 0.4) is 0 Å². The Morgan fingerprint density at radius 2 is 1.94 bits per heavy atom. The molecule has 2 nitrogen and oxygen atoms in total. The number of hydrogen-bond donors (Lipinski definition) is 1. The molecule has 1 atom stereocenters. The fourth-order valence-corrected chi connectivity index (χ4v) is 1.87. The molecule has 0 aliphatic rings. The lowest BCUT2D eigenvalue weighted by Gasteiger charge is -2.12. The molecule has 0 radical (unpaired) electrons. The van der Waals surface area contributed by atoms with E-state index in [0.29, 0.717) is 0 Å². The molecule has 17 heavy (non-hydrogen) atoms. The molecular weight excluding hydrogens is 210 g/mol. The average molecular weight is 235 g/mol. The van der Waals surface area contributed by atoms with E-state index in [1.54, 1.807) is 0 Å². The molecule has 0 spiro atoms. The molecule has 1 rings (SSSR count). The molecule has 0 aliphatic carbocycles. The van der Waals surface area contributed by atoms with Gasteiger partial charge in [-0.1, -0.05) is 44.4 Å². The Balaban J connectivity index is 2.40. The molecule has 0 aromatic heterocycles. The molecule has 0 aliphatic heterocycles. The minimum absolute atomic E-state index is 0.180. The van der Waals surface area contributed by atoms with Crippen LogP contribution in [0.4, 0.5) is 0 Å². The Kier molecular flexibility index (Phi) is 6.71. The van der Waals surface area contributed by atoms with E-state index in [2.05, 4.69) is 13.0 Å². The second-order valence-electron chi connectivity index (χ2n) is 4.70. The van der Waals surface area contributed by atoms with Gasteiger partial charge in [0.25, 0.3) is 0 Å². The van der Waals surface area contributed by atoms with Gasteiger partial charge in [-0.25, -0.2) is 0 Å². The number of hydrogen-bond acceptors (Lipinski definition) is 2. The van der Waals surface area contributed by atoms with Crippen molar-refractivity contribution in [1.82, 2.24) is 0 Å². The van der Waals surface area contributed by atoms with Gasteiger partial charge in [0, 0.05) is 6.04 Å². The zero-order valence-corrected chi connectivity index (χ0v) is 11.1. The zero-order valence-electron chi connectivity index (χ0n) is 11.1. The van der Waals surface area contributed by atoms with E-state index in [-0.39, 0.29) is 6.04 Å². The van der Waals surface area contributed by atoms with Gasteiger partial charge in [0.1, 0.15) is 5.75 Å². The minimum Gasteiger partial charge on any atom is -0.493 e. The van der Waals surface area contributed by atoms with Gasteiger partial charge in [-0.05, 0) is 31.4 Å². The summed E-state index contributed by atoms with van der Waals surface area (Å²) in [6.07, 6.45) is 5.84. The van der Waals surface area contributed by atoms with Crippen molar-refractivity contribution in [3.05, 3.63) is 29.8 Å². The van der Waals surface area contributed by atoms with Gasteiger partial charge in [-0.15, -0.1) is 0 Å². The van der Waals surface area contributed by atoms with Crippen LogP contribution in [0, 0.1) is 0 Å². The van der Waals surface area contributed by atoms with Gasteiger partial charge in [0.05, 0.1) is 6.61 Å².